The summed E-state index contributed by atoms with van der Waals surface area (Å²) in [5.41, 5.74) is 1.99. The zero-order chi connectivity index (χ0) is 18.5. The third-order valence-corrected chi connectivity index (χ3v) is 5.88. The van der Waals surface area contributed by atoms with Crippen molar-refractivity contribution in [2.24, 2.45) is 0 Å². The summed E-state index contributed by atoms with van der Waals surface area (Å²) in [4.78, 5) is 25.3. The van der Waals surface area contributed by atoms with Crippen molar-refractivity contribution in [1.29, 1.82) is 5.26 Å². The third kappa shape index (κ3) is 4.32. The number of carbonyl (C=O) groups excluding carboxylic acids is 2. The number of anilines is 1. The zero-order valence-corrected chi connectivity index (χ0v) is 16.4. The van der Waals surface area contributed by atoms with Crippen LogP contribution in [0.15, 0.2) is 28.7 Å². The maximum Gasteiger partial charge on any atom is 0.338 e. The van der Waals surface area contributed by atoms with Crippen LogP contribution in [0.3, 0.4) is 0 Å². The minimum Gasteiger partial charge on any atom is -0.452 e. The number of esters is 1. The summed E-state index contributed by atoms with van der Waals surface area (Å²) in [6, 6.07) is 8.99. The number of hydrogen-bond donors (Lipinski definition) is 1. The molecule has 0 fully saturated rings. The van der Waals surface area contributed by atoms with Crippen LogP contribution in [-0.2, 0) is 22.4 Å². The van der Waals surface area contributed by atoms with Crippen molar-refractivity contribution < 1.29 is 14.3 Å². The zero-order valence-electron chi connectivity index (χ0n) is 14.0. The number of halogens is 1. The molecule has 1 N–H and O–H groups in total. The first-order valence-electron chi connectivity index (χ1n) is 8.35. The number of ether oxygens (including phenoxy) is 1. The molecular formula is C19H17BrN2O3S. The molecule has 0 bridgehead atoms. The smallest absolute Gasteiger partial charge is 0.338 e. The van der Waals surface area contributed by atoms with Crippen LogP contribution in [0.25, 0.3) is 0 Å². The van der Waals surface area contributed by atoms with Gasteiger partial charge in [0.25, 0.3) is 5.91 Å². The van der Waals surface area contributed by atoms with Crippen LogP contribution in [-0.4, -0.2) is 18.5 Å². The molecule has 7 heteroatoms. The average molecular weight is 433 g/mol. The molecule has 0 spiro atoms. The lowest BCUT2D eigenvalue weighted by Crippen LogP contribution is -2.20. The molecule has 0 unspecified atom stereocenters. The fraction of sp³-hybridized carbons (Fsp3) is 0.316. The van der Waals surface area contributed by atoms with Gasteiger partial charge in [-0.3, -0.25) is 4.79 Å². The van der Waals surface area contributed by atoms with Crippen molar-refractivity contribution >= 4 is 44.1 Å². The van der Waals surface area contributed by atoms with Gasteiger partial charge in [0.1, 0.15) is 11.1 Å². The Morgan fingerprint density at radius 3 is 2.85 bits per heavy atom. The Balaban J connectivity index is 1.63. The minimum absolute atomic E-state index is 0.368. The Hall–Kier alpha value is -2.17. The van der Waals surface area contributed by atoms with Crippen LogP contribution in [0.5, 0.6) is 0 Å². The Morgan fingerprint density at radius 2 is 2.08 bits per heavy atom. The van der Waals surface area contributed by atoms with Crippen molar-refractivity contribution in [2.75, 3.05) is 11.9 Å². The molecule has 0 atom stereocenters. The van der Waals surface area contributed by atoms with E-state index in [1.54, 1.807) is 24.3 Å². The Labute approximate surface area is 164 Å². The molecule has 2 aromatic rings. The molecule has 1 aliphatic carbocycles. The van der Waals surface area contributed by atoms with E-state index >= 15 is 0 Å². The number of nitriles is 1. The van der Waals surface area contributed by atoms with Crippen LogP contribution in [0, 0.1) is 11.3 Å². The van der Waals surface area contributed by atoms with E-state index in [0.717, 1.165) is 35.7 Å². The largest absolute Gasteiger partial charge is 0.452 e. The number of fused-ring (bicyclic) bond motifs is 1. The van der Waals surface area contributed by atoms with Gasteiger partial charge in [0.05, 0.1) is 11.1 Å². The van der Waals surface area contributed by atoms with Gasteiger partial charge in [0.15, 0.2) is 6.61 Å². The van der Waals surface area contributed by atoms with E-state index in [9.17, 15) is 14.9 Å². The summed E-state index contributed by atoms with van der Waals surface area (Å²) < 4.78 is 5.82. The molecule has 0 radical (unpaired) electrons. The topological polar surface area (TPSA) is 79.2 Å². The summed E-state index contributed by atoms with van der Waals surface area (Å²) in [6.07, 6.45) is 5.16. The highest BCUT2D eigenvalue weighted by molar-refractivity contribution is 9.10. The molecule has 1 amide bonds. The van der Waals surface area contributed by atoms with Crippen molar-refractivity contribution in [3.8, 4) is 6.07 Å². The number of rotatable bonds is 4. The molecule has 0 saturated carbocycles. The highest BCUT2D eigenvalue weighted by Gasteiger charge is 2.21. The standard InChI is InChI=1S/C19H17BrN2O3S/c20-13-6-4-5-12(9-13)19(24)25-11-17(23)22-18-15(10-21)14-7-2-1-3-8-16(14)26-18/h4-6,9H,1-3,7-8,11H2,(H,22,23). The van der Waals surface area contributed by atoms with Gasteiger partial charge in [-0.25, -0.2) is 4.79 Å². The summed E-state index contributed by atoms with van der Waals surface area (Å²) in [6.45, 7) is -0.390. The molecule has 134 valence electrons. The van der Waals surface area contributed by atoms with E-state index < -0.39 is 18.5 Å². The summed E-state index contributed by atoms with van der Waals surface area (Å²) in [5.74, 6) is -1.01. The first-order chi connectivity index (χ1) is 12.6. The summed E-state index contributed by atoms with van der Waals surface area (Å²) >= 11 is 4.75. The predicted molar refractivity (Wildman–Crippen MR) is 103 cm³/mol. The normalized spacial score (nSPS) is 13.2. The second-order valence-corrected chi connectivity index (χ2v) is 8.04. The quantitative estimate of drug-likeness (QED) is 0.571. The SMILES string of the molecule is N#Cc1c(NC(=O)COC(=O)c2cccc(Br)c2)sc2c1CCCCC2. The molecule has 26 heavy (non-hydrogen) atoms. The van der Waals surface area contributed by atoms with E-state index in [1.807, 2.05) is 0 Å². The number of amides is 1. The molecule has 1 aromatic heterocycles. The fourth-order valence-corrected chi connectivity index (χ4v) is 4.60. The summed E-state index contributed by atoms with van der Waals surface area (Å²) in [7, 11) is 0. The monoisotopic (exact) mass is 432 g/mol. The molecule has 5 nitrogen and oxygen atoms in total. The molecular weight excluding hydrogens is 416 g/mol. The van der Waals surface area contributed by atoms with Gasteiger partial charge < -0.3 is 10.1 Å². The second-order valence-electron chi connectivity index (χ2n) is 6.02. The van der Waals surface area contributed by atoms with Gasteiger partial charge in [0, 0.05) is 9.35 Å². The first-order valence-corrected chi connectivity index (χ1v) is 9.96. The number of nitrogens with one attached hydrogen (secondary N) is 1. The molecule has 3 rings (SSSR count). The van der Waals surface area contributed by atoms with Gasteiger partial charge in [-0.1, -0.05) is 28.4 Å². The lowest BCUT2D eigenvalue weighted by atomic mass is 10.1. The van der Waals surface area contributed by atoms with Gasteiger partial charge in [0.2, 0.25) is 0 Å². The van der Waals surface area contributed by atoms with Gasteiger partial charge in [-0.05, 0) is 49.4 Å². The molecule has 1 heterocycles. The van der Waals surface area contributed by atoms with Crippen LogP contribution in [0.4, 0.5) is 5.00 Å². The number of carbonyl (C=O) groups is 2. The Morgan fingerprint density at radius 1 is 1.27 bits per heavy atom. The number of hydrogen-bond acceptors (Lipinski definition) is 5. The number of nitrogens with zero attached hydrogens (tertiary/aromatic N) is 1. The molecule has 1 aromatic carbocycles. The number of thiophene rings is 1. The van der Waals surface area contributed by atoms with Crippen molar-refractivity contribution in [3.05, 3.63) is 50.3 Å². The first kappa shape index (κ1) is 18.6. The highest BCUT2D eigenvalue weighted by atomic mass is 79.9. The summed E-state index contributed by atoms with van der Waals surface area (Å²) in [5, 5.41) is 12.8. The maximum atomic E-state index is 12.2. The van der Waals surface area contributed by atoms with Crippen LogP contribution >= 0.6 is 27.3 Å². The van der Waals surface area contributed by atoms with Crippen molar-refractivity contribution in [2.45, 2.75) is 32.1 Å². The minimum atomic E-state index is -0.566. The lowest BCUT2D eigenvalue weighted by Gasteiger charge is -2.06. The lowest BCUT2D eigenvalue weighted by molar-refractivity contribution is -0.119. The van der Waals surface area contributed by atoms with Gasteiger partial charge >= 0.3 is 5.97 Å². The molecule has 1 aliphatic rings. The molecule has 0 saturated heterocycles. The van der Waals surface area contributed by atoms with E-state index in [1.165, 1.54) is 22.6 Å². The van der Waals surface area contributed by atoms with E-state index in [2.05, 4.69) is 27.3 Å². The van der Waals surface area contributed by atoms with Crippen LogP contribution in [0.1, 0.15) is 45.6 Å². The fourth-order valence-electron chi connectivity index (χ4n) is 2.94. The predicted octanol–water partition coefficient (Wildman–Crippen LogP) is 4.45. The number of aryl methyl sites for hydroxylation is 1. The van der Waals surface area contributed by atoms with Crippen LogP contribution < -0.4 is 5.32 Å². The maximum absolute atomic E-state index is 12.2. The van der Waals surface area contributed by atoms with E-state index in [4.69, 9.17) is 4.74 Å². The van der Waals surface area contributed by atoms with Crippen molar-refractivity contribution in [1.82, 2.24) is 0 Å². The van der Waals surface area contributed by atoms with Crippen LogP contribution in [0.2, 0.25) is 0 Å². The van der Waals surface area contributed by atoms with Gasteiger partial charge in [-0.15, -0.1) is 11.3 Å². The van der Waals surface area contributed by atoms with Crippen molar-refractivity contribution in [3.63, 3.8) is 0 Å². The van der Waals surface area contributed by atoms with E-state index in [-0.39, 0.29) is 0 Å². The second kappa shape index (κ2) is 8.47. The Bertz CT molecular complexity index is 885. The van der Waals surface area contributed by atoms with Gasteiger partial charge in [-0.2, -0.15) is 5.26 Å². The molecule has 0 aliphatic heterocycles. The highest BCUT2D eigenvalue weighted by Crippen LogP contribution is 2.36. The average Bonchev–Trinajstić information content (AvgIpc) is 2.79. The Kier molecular flexibility index (Phi) is 6.07. The van der Waals surface area contributed by atoms with E-state index in [0.29, 0.717) is 16.1 Å². The third-order valence-electron chi connectivity index (χ3n) is 4.18. The number of benzene rings is 1.